The Balaban J connectivity index is 2.53. The van der Waals surface area contributed by atoms with Crippen molar-refractivity contribution in [2.45, 2.75) is 13.5 Å². The molecule has 2 N–H and O–H groups in total. The molecule has 0 saturated heterocycles. The number of hydrogen-bond acceptors (Lipinski definition) is 3. The second-order valence-corrected chi connectivity index (χ2v) is 4.77. The number of amides is 1. The molecule has 0 fully saturated rings. The van der Waals surface area contributed by atoms with Crippen LogP contribution in [0.25, 0.3) is 0 Å². The van der Waals surface area contributed by atoms with Crippen LogP contribution in [0.2, 0.25) is 0 Å². The van der Waals surface area contributed by atoms with Crippen molar-refractivity contribution in [3.05, 3.63) is 28.2 Å². The SMILES string of the molecule is CCNC(=O)CN(C)Cc1ccc(O)c(Br)c1. The van der Waals surface area contributed by atoms with Crippen molar-refractivity contribution < 1.29 is 9.90 Å². The summed E-state index contributed by atoms with van der Waals surface area (Å²) in [6.45, 7) is 3.58. The smallest absolute Gasteiger partial charge is 0.234 e. The number of halogens is 1. The first-order chi connectivity index (χ1) is 8.02. The van der Waals surface area contributed by atoms with Gasteiger partial charge in [-0.25, -0.2) is 0 Å². The number of hydrogen-bond donors (Lipinski definition) is 2. The second-order valence-electron chi connectivity index (χ2n) is 3.91. The largest absolute Gasteiger partial charge is 0.507 e. The van der Waals surface area contributed by atoms with E-state index in [4.69, 9.17) is 0 Å². The molecule has 0 bridgehead atoms. The van der Waals surface area contributed by atoms with Gasteiger partial charge in [-0.2, -0.15) is 0 Å². The molecule has 0 aliphatic heterocycles. The topological polar surface area (TPSA) is 52.6 Å². The van der Waals surface area contributed by atoms with E-state index in [1.165, 1.54) is 0 Å². The maximum absolute atomic E-state index is 11.4. The summed E-state index contributed by atoms with van der Waals surface area (Å²) in [4.78, 5) is 13.3. The Morgan fingerprint density at radius 3 is 2.82 bits per heavy atom. The maximum Gasteiger partial charge on any atom is 0.234 e. The highest BCUT2D eigenvalue weighted by molar-refractivity contribution is 9.10. The van der Waals surface area contributed by atoms with E-state index in [2.05, 4.69) is 21.2 Å². The lowest BCUT2D eigenvalue weighted by Gasteiger charge is -2.16. The van der Waals surface area contributed by atoms with Gasteiger partial charge in [0.05, 0.1) is 11.0 Å². The van der Waals surface area contributed by atoms with Gasteiger partial charge in [-0.1, -0.05) is 6.07 Å². The Morgan fingerprint density at radius 2 is 2.24 bits per heavy atom. The number of carbonyl (C=O) groups excluding carboxylic acids is 1. The number of phenols is 1. The standard InChI is InChI=1S/C12H17BrN2O2/c1-3-14-12(17)8-15(2)7-9-4-5-11(16)10(13)6-9/h4-6,16H,3,7-8H2,1-2H3,(H,14,17). The molecule has 5 heteroatoms. The Kier molecular flexibility index (Phi) is 5.44. The lowest BCUT2D eigenvalue weighted by molar-refractivity contribution is -0.121. The number of phenolic OH excluding ortho intramolecular Hbond substituents is 1. The van der Waals surface area contributed by atoms with Gasteiger partial charge in [0, 0.05) is 13.1 Å². The molecule has 0 aliphatic rings. The van der Waals surface area contributed by atoms with E-state index in [-0.39, 0.29) is 11.7 Å². The molecule has 1 rings (SSSR count). The molecular formula is C12H17BrN2O2. The van der Waals surface area contributed by atoms with Gasteiger partial charge in [-0.05, 0) is 47.6 Å². The van der Waals surface area contributed by atoms with Crippen molar-refractivity contribution >= 4 is 21.8 Å². The van der Waals surface area contributed by atoms with Crippen LogP contribution in [0.4, 0.5) is 0 Å². The van der Waals surface area contributed by atoms with Crippen LogP contribution < -0.4 is 5.32 Å². The number of nitrogens with zero attached hydrogens (tertiary/aromatic N) is 1. The minimum Gasteiger partial charge on any atom is -0.507 e. The summed E-state index contributed by atoms with van der Waals surface area (Å²) in [6, 6.07) is 5.33. The van der Waals surface area contributed by atoms with Crippen LogP contribution in [-0.2, 0) is 11.3 Å². The number of aromatic hydroxyl groups is 1. The van der Waals surface area contributed by atoms with Crippen LogP contribution in [0, 0.1) is 0 Å². The maximum atomic E-state index is 11.4. The zero-order valence-corrected chi connectivity index (χ0v) is 11.6. The van der Waals surface area contributed by atoms with Crippen LogP contribution in [0.1, 0.15) is 12.5 Å². The fraction of sp³-hybridized carbons (Fsp3) is 0.417. The lowest BCUT2D eigenvalue weighted by atomic mass is 10.2. The molecular weight excluding hydrogens is 284 g/mol. The van der Waals surface area contributed by atoms with E-state index in [9.17, 15) is 9.90 Å². The minimum absolute atomic E-state index is 0.0212. The van der Waals surface area contributed by atoms with Gasteiger partial charge >= 0.3 is 0 Å². The molecule has 0 atom stereocenters. The Labute approximate surface area is 110 Å². The summed E-state index contributed by atoms with van der Waals surface area (Å²) in [6.07, 6.45) is 0. The average molecular weight is 301 g/mol. The van der Waals surface area contributed by atoms with E-state index >= 15 is 0 Å². The normalized spacial score (nSPS) is 10.6. The van der Waals surface area contributed by atoms with Gasteiger partial charge in [0.2, 0.25) is 5.91 Å². The van der Waals surface area contributed by atoms with Crippen molar-refractivity contribution in [1.82, 2.24) is 10.2 Å². The van der Waals surface area contributed by atoms with E-state index in [1.54, 1.807) is 6.07 Å². The molecule has 1 aromatic carbocycles. The van der Waals surface area contributed by atoms with Crippen LogP contribution in [-0.4, -0.2) is 36.1 Å². The van der Waals surface area contributed by atoms with Gasteiger partial charge in [-0.15, -0.1) is 0 Å². The zero-order valence-electron chi connectivity index (χ0n) is 10.0. The Bertz CT molecular complexity index is 396. The Morgan fingerprint density at radius 1 is 1.53 bits per heavy atom. The van der Waals surface area contributed by atoms with E-state index in [1.807, 2.05) is 31.0 Å². The molecule has 0 saturated carbocycles. The first-order valence-electron chi connectivity index (χ1n) is 5.45. The summed E-state index contributed by atoms with van der Waals surface area (Å²) in [7, 11) is 1.88. The summed E-state index contributed by atoms with van der Waals surface area (Å²) < 4.78 is 0.668. The van der Waals surface area contributed by atoms with Crippen molar-refractivity contribution in [2.75, 3.05) is 20.1 Å². The minimum atomic E-state index is 0.0212. The van der Waals surface area contributed by atoms with E-state index in [0.717, 1.165) is 5.56 Å². The average Bonchev–Trinajstić information content (AvgIpc) is 2.23. The highest BCUT2D eigenvalue weighted by Gasteiger charge is 2.07. The van der Waals surface area contributed by atoms with Crippen molar-refractivity contribution in [3.63, 3.8) is 0 Å². The summed E-state index contributed by atoms with van der Waals surface area (Å²) >= 11 is 3.26. The van der Waals surface area contributed by atoms with Gasteiger partial charge < -0.3 is 10.4 Å². The molecule has 4 nitrogen and oxygen atoms in total. The third-order valence-electron chi connectivity index (χ3n) is 2.25. The molecule has 0 radical (unpaired) electrons. The van der Waals surface area contributed by atoms with Crippen molar-refractivity contribution in [2.24, 2.45) is 0 Å². The van der Waals surface area contributed by atoms with Crippen LogP contribution in [0.3, 0.4) is 0 Å². The Hall–Kier alpha value is -1.07. The number of likely N-dealkylation sites (N-methyl/N-ethyl adjacent to an activating group) is 2. The van der Waals surface area contributed by atoms with Crippen molar-refractivity contribution in [3.8, 4) is 5.75 Å². The van der Waals surface area contributed by atoms with Gasteiger partial charge in [0.15, 0.2) is 0 Å². The lowest BCUT2D eigenvalue weighted by Crippen LogP contribution is -2.34. The highest BCUT2D eigenvalue weighted by atomic mass is 79.9. The summed E-state index contributed by atoms with van der Waals surface area (Å²) in [5.41, 5.74) is 1.04. The summed E-state index contributed by atoms with van der Waals surface area (Å²) in [5, 5.41) is 12.1. The second kappa shape index (κ2) is 6.61. The van der Waals surface area contributed by atoms with Gasteiger partial charge in [0.1, 0.15) is 5.75 Å². The predicted molar refractivity (Wildman–Crippen MR) is 70.8 cm³/mol. The molecule has 1 amide bonds. The fourth-order valence-electron chi connectivity index (χ4n) is 1.51. The molecule has 0 spiro atoms. The van der Waals surface area contributed by atoms with Crippen molar-refractivity contribution in [1.29, 1.82) is 0 Å². The number of nitrogens with one attached hydrogen (secondary N) is 1. The van der Waals surface area contributed by atoms with Gasteiger partial charge in [0.25, 0.3) is 0 Å². The molecule has 0 unspecified atom stereocenters. The third kappa shape index (κ3) is 4.75. The molecule has 94 valence electrons. The number of carbonyl (C=O) groups is 1. The first-order valence-corrected chi connectivity index (χ1v) is 6.25. The number of rotatable bonds is 5. The van der Waals surface area contributed by atoms with E-state index in [0.29, 0.717) is 24.1 Å². The quantitative estimate of drug-likeness (QED) is 0.871. The predicted octanol–water partition coefficient (Wildman–Crippen LogP) is 1.72. The zero-order chi connectivity index (χ0) is 12.8. The monoisotopic (exact) mass is 300 g/mol. The van der Waals surface area contributed by atoms with E-state index < -0.39 is 0 Å². The first kappa shape index (κ1) is 14.0. The molecule has 17 heavy (non-hydrogen) atoms. The molecule has 0 aliphatic carbocycles. The summed E-state index contributed by atoms with van der Waals surface area (Å²) in [5.74, 6) is 0.243. The van der Waals surface area contributed by atoms with Crippen LogP contribution in [0.15, 0.2) is 22.7 Å². The highest BCUT2D eigenvalue weighted by Crippen LogP contribution is 2.24. The van der Waals surface area contributed by atoms with Crippen LogP contribution >= 0.6 is 15.9 Å². The molecule has 0 heterocycles. The third-order valence-corrected chi connectivity index (χ3v) is 2.89. The van der Waals surface area contributed by atoms with Gasteiger partial charge in [-0.3, -0.25) is 9.69 Å². The molecule has 0 aromatic heterocycles. The number of benzene rings is 1. The fourth-order valence-corrected chi connectivity index (χ4v) is 1.94. The van der Waals surface area contributed by atoms with Crippen LogP contribution in [0.5, 0.6) is 5.75 Å². The molecule has 1 aromatic rings.